The summed E-state index contributed by atoms with van der Waals surface area (Å²) in [5, 5.41) is 3.49. The Morgan fingerprint density at radius 3 is 2.65 bits per heavy atom. The molecule has 0 spiro atoms. The van der Waals surface area contributed by atoms with E-state index < -0.39 is 0 Å². The Morgan fingerprint density at radius 1 is 1.12 bits per heavy atom. The molecule has 0 fully saturated rings. The molecule has 0 saturated heterocycles. The molecule has 4 rings (SSSR count). The fourth-order valence-electron chi connectivity index (χ4n) is 3.46. The van der Waals surface area contributed by atoms with Crippen molar-refractivity contribution in [2.24, 2.45) is 0 Å². The molecular formula is C21H21NO4. The third-order valence-corrected chi connectivity index (χ3v) is 4.72. The van der Waals surface area contributed by atoms with Gasteiger partial charge in [0.15, 0.2) is 23.0 Å². The molecule has 26 heavy (non-hydrogen) atoms. The van der Waals surface area contributed by atoms with Crippen LogP contribution < -0.4 is 24.3 Å². The molecule has 0 unspecified atom stereocenters. The van der Waals surface area contributed by atoms with Crippen LogP contribution in [-0.2, 0) is 6.42 Å². The first-order valence-electron chi connectivity index (χ1n) is 8.51. The second-order valence-electron chi connectivity index (χ2n) is 6.11. The number of fused-ring (bicyclic) bond motifs is 2. The molecule has 0 aromatic heterocycles. The van der Waals surface area contributed by atoms with Gasteiger partial charge in [-0.2, -0.15) is 0 Å². The Morgan fingerprint density at radius 2 is 1.92 bits per heavy atom. The summed E-state index contributed by atoms with van der Waals surface area (Å²) in [4.78, 5) is 0. The van der Waals surface area contributed by atoms with Gasteiger partial charge < -0.3 is 24.3 Å². The van der Waals surface area contributed by atoms with E-state index in [1.165, 1.54) is 5.56 Å². The number of hydrogen-bond acceptors (Lipinski definition) is 5. The van der Waals surface area contributed by atoms with Crippen molar-refractivity contribution in [3.05, 3.63) is 53.1 Å². The molecule has 2 aromatic carbocycles. The van der Waals surface area contributed by atoms with Crippen molar-refractivity contribution < 1.29 is 18.9 Å². The van der Waals surface area contributed by atoms with E-state index in [9.17, 15) is 0 Å². The fraction of sp³-hybridized carbons (Fsp3) is 0.238. The maximum Gasteiger partial charge on any atom is 0.231 e. The standard InChI is InChI=1S/C21H21NO4/c1-4-15-13(5-6-18(23-2)21(15)24-3)9-17-16-11-20-19(25-12-26-20)10-14(16)7-8-22-17/h4-6,9-11,22H,1,7-8,12H2,2-3H3/b17-9-. The molecule has 2 aromatic rings. The summed E-state index contributed by atoms with van der Waals surface area (Å²) in [5.41, 5.74) is 5.32. The lowest BCUT2D eigenvalue weighted by Crippen LogP contribution is -2.22. The normalized spacial score (nSPS) is 16.0. The molecule has 2 heterocycles. The van der Waals surface area contributed by atoms with Crippen molar-refractivity contribution in [3.63, 3.8) is 0 Å². The first-order valence-corrected chi connectivity index (χ1v) is 8.51. The molecule has 0 radical (unpaired) electrons. The molecule has 5 heteroatoms. The third-order valence-electron chi connectivity index (χ3n) is 4.72. The number of hydrogen-bond donors (Lipinski definition) is 1. The van der Waals surface area contributed by atoms with Crippen LogP contribution in [0, 0.1) is 0 Å². The Kier molecular flexibility index (Phi) is 4.21. The summed E-state index contributed by atoms with van der Waals surface area (Å²) < 4.78 is 22.0. The predicted octanol–water partition coefficient (Wildman–Crippen LogP) is 3.72. The van der Waals surface area contributed by atoms with Crippen LogP contribution in [0.3, 0.4) is 0 Å². The second kappa shape index (κ2) is 6.67. The van der Waals surface area contributed by atoms with Crippen molar-refractivity contribution in [1.29, 1.82) is 0 Å². The monoisotopic (exact) mass is 351 g/mol. The molecule has 0 saturated carbocycles. The summed E-state index contributed by atoms with van der Waals surface area (Å²) in [7, 11) is 3.26. The molecule has 5 nitrogen and oxygen atoms in total. The van der Waals surface area contributed by atoms with Crippen LogP contribution in [0.1, 0.15) is 22.3 Å². The number of nitrogens with one attached hydrogen (secondary N) is 1. The molecule has 0 bridgehead atoms. The van der Waals surface area contributed by atoms with Gasteiger partial charge in [0, 0.05) is 23.4 Å². The van der Waals surface area contributed by atoms with Gasteiger partial charge in [0.05, 0.1) is 14.2 Å². The lowest BCUT2D eigenvalue weighted by molar-refractivity contribution is 0.174. The summed E-state index contributed by atoms with van der Waals surface area (Å²) >= 11 is 0. The molecule has 0 atom stereocenters. The highest BCUT2D eigenvalue weighted by Gasteiger charge is 2.22. The first kappa shape index (κ1) is 16.4. The van der Waals surface area contributed by atoms with Gasteiger partial charge in [-0.1, -0.05) is 18.7 Å². The van der Waals surface area contributed by atoms with E-state index in [1.807, 2.05) is 18.2 Å². The smallest absolute Gasteiger partial charge is 0.231 e. The van der Waals surface area contributed by atoms with E-state index in [2.05, 4.69) is 24.0 Å². The van der Waals surface area contributed by atoms with Crippen LogP contribution in [0.15, 0.2) is 30.8 Å². The summed E-state index contributed by atoms with van der Waals surface area (Å²) in [6, 6.07) is 8.04. The summed E-state index contributed by atoms with van der Waals surface area (Å²) in [5.74, 6) is 2.97. The minimum atomic E-state index is 0.279. The van der Waals surface area contributed by atoms with Crippen molar-refractivity contribution in [1.82, 2.24) is 5.32 Å². The second-order valence-corrected chi connectivity index (χ2v) is 6.11. The van der Waals surface area contributed by atoms with Crippen molar-refractivity contribution in [2.75, 3.05) is 27.6 Å². The van der Waals surface area contributed by atoms with E-state index in [0.717, 1.165) is 46.9 Å². The van der Waals surface area contributed by atoms with Crippen molar-refractivity contribution in [3.8, 4) is 23.0 Å². The maximum atomic E-state index is 5.54. The highest BCUT2D eigenvalue weighted by atomic mass is 16.7. The van der Waals surface area contributed by atoms with Crippen LogP contribution >= 0.6 is 0 Å². The van der Waals surface area contributed by atoms with E-state index in [1.54, 1.807) is 20.3 Å². The summed E-state index contributed by atoms with van der Waals surface area (Å²) in [6.45, 7) is 5.09. The Balaban J connectivity index is 1.83. The van der Waals surface area contributed by atoms with Crippen LogP contribution in [0.25, 0.3) is 17.8 Å². The van der Waals surface area contributed by atoms with Gasteiger partial charge in [-0.25, -0.2) is 0 Å². The molecular weight excluding hydrogens is 330 g/mol. The SMILES string of the molecule is C=Cc1c(/C=C2\NCCc3cc4c(cc32)OCO4)ccc(OC)c1OC. The molecule has 0 amide bonds. The number of ether oxygens (including phenoxy) is 4. The van der Waals surface area contributed by atoms with Gasteiger partial charge in [-0.15, -0.1) is 0 Å². The van der Waals surface area contributed by atoms with Crippen LogP contribution in [0.2, 0.25) is 0 Å². The van der Waals surface area contributed by atoms with Gasteiger partial charge in [-0.05, 0) is 41.8 Å². The zero-order valence-electron chi connectivity index (χ0n) is 14.9. The topological polar surface area (TPSA) is 49.0 Å². The van der Waals surface area contributed by atoms with Crippen LogP contribution in [0.5, 0.6) is 23.0 Å². The molecule has 134 valence electrons. The largest absolute Gasteiger partial charge is 0.493 e. The molecule has 2 aliphatic heterocycles. The van der Waals surface area contributed by atoms with E-state index in [0.29, 0.717) is 11.5 Å². The van der Waals surface area contributed by atoms with Gasteiger partial charge >= 0.3 is 0 Å². The van der Waals surface area contributed by atoms with Gasteiger partial charge in [-0.3, -0.25) is 0 Å². The maximum absolute atomic E-state index is 5.54. The van der Waals surface area contributed by atoms with Gasteiger partial charge in [0.1, 0.15) is 0 Å². The Bertz CT molecular complexity index is 901. The van der Waals surface area contributed by atoms with Crippen molar-refractivity contribution in [2.45, 2.75) is 6.42 Å². The van der Waals surface area contributed by atoms with Crippen molar-refractivity contribution >= 4 is 17.8 Å². The molecule has 1 N–H and O–H groups in total. The highest BCUT2D eigenvalue weighted by molar-refractivity contribution is 5.87. The Hall–Kier alpha value is -3.08. The Labute approximate surface area is 152 Å². The van der Waals surface area contributed by atoms with Crippen LogP contribution in [-0.4, -0.2) is 27.6 Å². The predicted molar refractivity (Wildman–Crippen MR) is 102 cm³/mol. The molecule has 0 aliphatic carbocycles. The highest BCUT2D eigenvalue weighted by Crippen LogP contribution is 2.40. The fourth-order valence-corrected chi connectivity index (χ4v) is 3.46. The van der Waals surface area contributed by atoms with E-state index >= 15 is 0 Å². The third kappa shape index (κ3) is 2.65. The van der Waals surface area contributed by atoms with E-state index in [4.69, 9.17) is 18.9 Å². The minimum Gasteiger partial charge on any atom is -0.493 e. The zero-order valence-corrected chi connectivity index (χ0v) is 14.9. The summed E-state index contributed by atoms with van der Waals surface area (Å²) in [6.07, 6.45) is 4.85. The number of methoxy groups -OCH3 is 2. The van der Waals surface area contributed by atoms with Gasteiger partial charge in [0.25, 0.3) is 0 Å². The molecule has 2 aliphatic rings. The average Bonchev–Trinajstić information content (AvgIpc) is 3.13. The lowest BCUT2D eigenvalue weighted by Gasteiger charge is -2.22. The van der Waals surface area contributed by atoms with Crippen LogP contribution in [0.4, 0.5) is 0 Å². The lowest BCUT2D eigenvalue weighted by atomic mass is 9.95. The number of rotatable bonds is 4. The quantitative estimate of drug-likeness (QED) is 0.910. The number of benzene rings is 2. The average molecular weight is 351 g/mol. The minimum absolute atomic E-state index is 0.279. The zero-order chi connectivity index (χ0) is 18.1. The van der Waals surface area contributed by atoms with Gasteiger partial charge in [0.2, 0.25) is 6.79 Å². The first-order chi connectivity index (χ1) is 12.7. The van der Waals surface area contributed by atoms with E-state index in [-0.39, 0.29) is 6.79 Å².